The summed E-state index contributed by atoms with van der Waals surface area (Å²) in [4.78, 5) is 11.2. The van der Waals surface area contributed by atoms with E-state index in [-0.39, 0.29) is 6.10 Å². The SMILES string of the molecule is CCNC(C)(CC(C)OCCOCC)C(=O)O. The second-order valence-electron chi connectivity index (χ2n) is 4.25. The van der Waals surface area contributed by atoms with Crippen LogP contribution < -0.4 is 5.32 Å². The average molecular weight is 247 g/mol. The van der Waals surface area contributed by atoms with Crippen LogP contribution in [0.25, 0.3) is 0 Å². The highest BCUT2D eigenvalue weighted by Crippen LogP contribution is 2.14. The fraction of sp³-hybridized carbons (Fsp3) is 0.917. The van der Waals surface area contributed by atoms with Crippen molar-refractivity contribution in [1.82, 2.24) is 5.32 Å². The van der Waals surface area contributed by atoms with Crippen molar-refractivity contribution in [2.75, 3.05) is 26.4 Å². The van der Waals surface area contributed by atoms with Crippen molar-refractivity contribution >= 4 is 5.97 Å². The molecule has 0 aromatic carbocycles. The Morgan fingerprint density at radius 2 is 2.06 bits per heavy atom. The smallest absolute Gasteiger partial charge is 0.323 e. The molecule has 0 aliphatic heterocycles. The van der Waals surface area contributed by atoms with E-state index < -0.39 is 11.5 Å². The van der Waals surface area contributed by atoms with Gasteiger partial charge in [-0.05, 0) is 27.3 Å². The summed E-state index contributed by atoms with van der Waals surface area (Å²) in [6.45, 7) is 9.71. The highest BCUT2D eigenvalue weighted by molar-refractivity contribution is 5.78. The number of carboxylic acids is 1. The molecule has 0 saturated heterocycles. The van der Waals surface area contributed by atoms with Crippen LogP contribution in [0.15, 0.2) is 0 Å². The van der Waals surface area contributed by atoms with Gasteiger partial charge in [-0.15, -0.1) is 0 Å². The number of likely N-dealkylation sites (N-methyl/N-ethyl adjacent to an activating group) is 1. The zero-order chi connectivity index (χ0) is 13.3. The Labute approximate surface area is 103 Å². The van der Waals surface area contributed by atoms with Gasteiger partial charge in [0.2, 0.25) is 0 Å². The number of aliphatic carboxylic acids is 1. The van der Waals surface area contributed by atoms with Crippen LogP contribution in [0.1, 0.15) is 34.1 Å². The number of nitrogens with one attached hydrogen (secondary N) is 1. The predicted molar refractivity (Wildman–Crippen MR) is 66.2 cm³/mol. The summed E-state index contributed by atoms with van der Waals surface area (Å²) in [7, 11) is 0. The lowest BCUT2D eigenvalue weighted by molar-refractivity contribution is -0.146. The molecule has 0 bridgehead atoms. The highest BCUT2D eigenvalue weighted by Gasteiger charge is 2.33. The minimum Gasteiger partial charge on any atom is -0.480 e. The average Bonchev–Trinajstić information content (AvgIpc) is 2.24. The molecule has 17 heavy (non-hydrogen) atoms. The van der Waals surface area contributed by atoms with Crippen LogP contribution in [0.4, 0.5) is 0 Å². The van der Waals surface area contributed by atoms with Crippen molar-refractivity contribution in [3.63, 3.8) is 0 Å². The van der Waals surface area contributed by atoms with Gasteiger partial charge in [0.15, 0.2) is 0 Å². The fourth-order valence-corrected chi connectivity index (χ4v) is 1.71. The molecule has 2 N–H and O–H groups in total. The minimum absolute atomic E-state index is 0.115. The second kappa shape index (κ2) is 8.44. The van der Waals surface area contributed by atoms with Crippen LogP contribution in [0, 0.1) is 0 Å². The van der Waals surface area contributed by atoms with Gasteiger partial charge < -0.3 is 19.9 Å². The molecule has 5 heteroatoms. The number of rotatable bonds is 10. The molecule has 0 aliphatic carbocycles. The largest absolute Gasteiger partial charge is 0.480 e. The lowest BCUT2D eigenvalue weighted by Crippen LogP contribution is -2.51. The van der Waals surface area contributed by atoms with E-state index in [1.165, 1.54) is 0 Å². The molecular weight excluding hydrogens is 222 g/mol. The summed E-state index contributed by atoms with van der Waals surface area (Å²) in [6, 6.07) is 0. The first-order chi connectivity index (χ1) is 7.96. The van der Waals surface area contributed by atoms with Gasteiger partial charge >= 0.3 is 5.97 Å². The fourth-order valence-electron chi connectivity index (χ4n) is 1.71. The number of ether oxygens (including phenoxy) is 2. The van der Waals surface area contributed by atoms with E-state index in [1.807, 2.05) is 20.8 Å². The highest BCUT2D eigenvalue weighted by atomic mass is 16.5. The summed E-state index contributed by atoms with van der Waals surface area (Å²) in [5.41, 5.74) is -0.931. The molecule has 2 atom stereocenters. The molecular formula is C12H25NO4. The van der Waals surface area contributed by atoms with E-state index in [0.29, 0.717) is 32.8 Å². The van der Waals surface area contributed by atoms with E-state index in [1.54, 1.807) is 6.92 Å². The predicted octanol–water partition coefficient (Wildman–Crippen LogP) is 1.27. The third-order valence-corrected chi connectivity index (χ3v) is 2.57. The van der Waals surface area contributed by atoms with Crippen LogP contribution in [0.3, 0.4) is 0 Å². The van der Waals surface area contributed by atoms with E-state index in [2.05, 4.69) is 5.32 Å². The summed E-state index contributed by atoms with van der Waals surface area (Å²) in [6.07, 6.45) is 0.318. The Bertz CT molecular complexity index is 223. The maximum atomic E-state index is 11.2. The van der Waals surface area contributed by atoms with Gasteiger partial charge in [0.05, 0.1) is 19.3 Å². The van der Waals surface area contributed by atoms with E-state index in [4.69, 9.17) is 9.47 Å². The van der Waals surface area contributed by atoms with Crippen molar-refractivity contribution in [3.8, 4) is 0 Å². The Morgan fingerprint density at radius 1 is 1.41 bits per heavy atom. The molecule has 0 aromatic heterocycles. The van der Waals surface area contributed by atoms with E-state index in [9.17, 15) is 9.90 Å². The summed E-state index contributed by atoms with van der Waals surface area (Å²) >= 11 is 0. The van der Waals surface area contributed by atoms with Gasteiger partial charge in [-0.25, -0.2) is 0 Å². The zero-order valence-corrected chi connectivity index (χ0v) is 11.3. The first-order valence-electron chi connectivity index (χ1n) is 6.14. The zero-order valence-electron chi connectivity index (χ0n) is 11.3. The van der Waals surface area contributed by atoms with Crippen LogP contribution in [0.2, 0.25) is 0 Å². The van der Waals surface area contributed by atoms with Gasteiger partial charge in [-0.1, -0.05) is 6.92 Å². The Kier molecular flexibility index (Phi) is 8.12. The van der Waals surface area contributed by atoms with Gasteiger partial charge in [0, 0.05) is 13.0 Å². The summed E-state index contributed by atoms with van der Waals surface area (Å²) in [5, 5.41) is 12.2. The first kappa shape index (κ1) is 16.4. The Balaban J connectivity index is 4.04. The standard InChI is InChI=1S/C12H25NO4/c1-5-13-12(4,11(14)15)9-10(3)17-8-7-16-6-2/h10,13H,5-9H2,1-4H3,(H,14,15). The van der Waals surface area contributed by atoms with Crippen molar-refractivity contribution < 1.29 is 19.4 Å². The van der Waals surface area contributed by atoms with Crippen LogP contribution in [-0.4, -0.2) is 49.1 Å². The molecule has 0 spiro atoms. The molecule has 0 amide bonds. The molecule has 0 heterocycles. The number of carboxylic acid groups (broad SMARTS) is 1. The van der Waals surface area contributed by atoms with E-state index in [0.717, 1.165) is 0 Å². The van der Waals surface area contributed by atoms with Crippen molar-refractivity contribution in [3.05, 3.63) is 0 Å². The van der Waals surface area contributed by atoms with Gasteiger partial charge in [-0.3, -0.25) is 4.79 Å². The van der Waals surface area contributed by atoms with Crippen molar-refractivity contribution in [2.45, 2.75) is 45.8 Å². The molecule has 102 valence electrons. The normalized spacial score (nSPS) is 16.5. The Morgan fingerprint density at radius 3 is 2.53 bits per heavy atom. The molecule has 0 aliphatic rings. The molecule has 0 aromatic rings. The molecule has 0 rings (SSSR count). The monoisotopic (exact) mass is 247 g/mol. The quantitative estimate of drug-likeness (QED) is 0.569. The molecule has 2 unspecified atom stereocenters. The molecule has 0 fully saturated rings. The van der Waals surface area contributed by atoms with Gasteiger partial charge in [0.1, 0.15) is 5.54 Å². The van der Waals surface area contributed by atoms with Crippen LogP contribution in [0.5, 0.6) is 0 Å². The van der Waals surface area contributed by atoms with Gasteiger partial charge in [0.25, 0.3) is 0 Å². The van der Waals surface area contributed by atoms with Crippen molar-refractivity contribution in [2.24, 2.45) is 0 Å². The summed E-state index contributed by atoms with van der Waals surface area (Å²) in [5.74, 6) is -0.848. The lowest BCUT2D eigenvalue weighted by Gasteiger charge is -2.28. The molecule has 5 nitrogen and oxygen atoms in total. The summed E-state index contributed by atoms with van der Waals surface area (Å²) < 4.78 is 10.7. The molecule has 0 saturated carbocycles. The minimum atomic E-state index is -0.931. The Hall–Kier alpha value is -0.650. The third kappa shape index (κ3) is 6.61. The second-order valence-corrected chi connectivity index (χ2v) is 4.25. The number of carbonyl (C=O) groups is 1. The van der Waals surface area contributed by atoms with Crippen LogP contribution >= 0.6 is 0 Å². The number of hydrogen-bond acceptors (Lipinski definition) is 4. The van der Waals surface area contributed by atoms with Crippen LogP contribution in [-0.2, 0) is 14.3 Å². The van der Waals surface area contributed by atoms with Crippen molar-refractivity contribution in [1.29, 1.82) is 0 Å². The number of hydrogen-bond donors (Lipinski definition) is 2. The third-order valence-electron chi connectivity index (χ3n) is 2.57. The topological polar surface area (TPSA) is 67.8 Å². The van der Waals surface area contributed by atoms with Gasteiger partial charge in [-0.2, -0.15) is 0 Å². The lowest BCUT2D eigenvalue weighted by atomic mass is 9.95. The molecule has 0 radical (unpaired) electrons. The first-order valence-corrected chi connectivity index (χ1v) is 6.14. The van der Waals surface area contributed by atoms with E-state index >= 15 is 0 Å². The maximum Gasteiger partial charge on any atom is 0.323 e. The maximum absolute atomic E-state index is 11.2.